The van der Waals surface area contributed by atoms with Crippen LogP contribution in [0.3, 0.4) is 0 Å². The second-order valence-electron chi connectivity index (χ2n) is 2.82. The minimum absolute atomic E-state index is 0.417. The summed E-state index contributed by atoms with van der Waals surface area (Å²) in [6.45, 7) is 0. The van der Waals surface area contributed by atoms with Gasteiger partial charge in [0.25, 0.3) is 0 Å². The molecule has 0 aliphatic carbocycles. The van der Waals surface area contributed by atoms with E-state index in [9.17, 15) is 9.59 Å². The summed E-state index contributed by atoms with van der Waals surface area (Å²) in [6, 6.07) is 8.19. The highest BCUT2D eigenvalue weighted by Gasteiger charge is 2.01. The quantitative estimate of drug-likeness (QED) is 0.727. The molecule has 0 bridgehead atoms. The molecular weight excluding hydrogens is 182 g/mol. The number of hydrogen-bond acceptors (Lipinski definition) is 3. The van der Waals surface area contributed by atoms with Gasteiger partial charge < -0.3 is 4.52 Å². The van der Waals surface area contributed by atoms with Gasteiger partial charge in [-0.15, -0.1) is 0 Å². The number of carbonyl (C=O) groups is 1. The van der Waals surface area contributed by atoms with Crippen LogP contribution in [0.2, 0.25) is 0 Å². The van der Waals surface area contributed by atoms with E-state index in [-0.39, 0.29) is 0 Å². The summed E-state index contributed by atoms with van der Waals surface area (Å²) < 4.78 is 4.53. The highest BCUT2D eigenvalue weighted by molar-refractivity contribution is 5.76. The largest absolute Gasteiger partial charge is 0.357 e. The molecule has 0 spiro atoms. The van der Waals surface area contributed by atoms with Gasteiger partial charge in [-0.2, -0.15) is 0 Å². The topological polar surface area (TPSA) is 63.1 Å². The van der Waals surface area contributed by atoms with Gasteiger partial charge >= 0.3 is 5.63 Å². The third-order valence-electron chi connectivity index (χ3n) is 1.88. The van der Waals surface area contributed by atoms with E-state index in [0.29, 0.717) is 11.3 Å². The van der Waals surface area contributed by atoms with Crippen molar-refractivity contribution >= 4 is 6.29 Å². The first-order valence-electron chi connectivity index (χ1n) is 4.04. The Kier molecular flexibility index (Phi) is 2.02. The van der Waals surface area contributed by atoms with E-state index in [1.807, 2.05) is 0 Å². The number of aldehydes is 1. The van der Waals surface area contributed by atoms with Gasteiger partial charge in [-0.25, -0.2) is 9.95 Å². The normalized spacial score (nSPS) is 10.0. The minimum Gasteiger partial charge on any atom is -0.339 e. The lowest BCUT2D eigenvalue weighted by Gasteiger charge is -1.95. The molecule has 1 heterocycles. The molecule has 2 aromatic rings. The summed E-state index contributed by atoms with van der Waals surface area (Å²) in [4.78, 5) is 21.1. The Morgan fingerprint density at radius 2 is 1.93 bits per heavy atom. The van der Waals surface area contributed by atoms with E-state index in [0.717, 1.165) is 11.8 Å². The maximum absolute atomic E-state index is 10.7. The van der Waals surface area contributed by atoms with Crippen LogP contribution in [-0.2, 0) is 0 Å². The lowest BCUT2D eigenvalue weighted by molar-refractivity contribution is 0.112. The molecule has 14 heavy (non-hydrogen) atoms. The van der Waals surface area contributed by atoms with E-state index in [2.05, 4.69) is 9.68 Å². The molecule has 1 aromatic carbocycles. The zero-order valence-corrected chi connectivity index (χ0v) is 7.19. The van der Waals surface area contributed by atoms with Crippen LogP contribution >= 0.6 is 0 Å². The highest BCUT2D eigenvalue weighted by atomic mass is 16.5. The van der Waals surface area contributed by atoms with Gasteiger partial charge in [0.2, 0.25) is 0 Å². The average molecular weight is 189 g/mol. The fourth-order valence-electron chi connectivity index (χ4n) is 1.17. The first-order chi connectivity index (χ1) is 6.79. The molecule has 0 fully saturated rings. The zero-order chi connectivity index (χ0) is 9.97. The van der Waals surface area contributed by atoms with Gasteiger partial charge in [0.1, 0.15) is 6.29 Å². The van der Waals surface area contributed by atoms with E-state index >= 15 is 0 Å². The molecule has 2 rings (SSSR count). The van der Waals surface area contributed by atoms with Gasteiger partial charge in [0.15, 0.2) is 0 Å². The van der Waals surface area contributed by atoms with E-state index < -0.39 is 5.63 Å². The van der Waals surface area contributed by atoms with Crippen molar-refractivity contribution in [1.29, 1.82) is 0 Å². The molecular formula is C10H7NO3. The smallest absolute Gasteiger partial charge is 0.339 e. The van der Waals surface area contributed by atoms with Crippen molar-refractivity contribution in [1.82, 2.24) is 5.16 Å². The Morgan fingerprint density at radius 1 is 1.21 bits per heavy atom. The van der Waals surface area contributed by atoms with Crippen molar-refractivity contribution < 1.29 is 9.32 Å². The first-order valence-corrected chi connectivity index (χ1v) is 4.04. The number of aromatic nitrogens is 1. The molecule has 0 aliphatic rings. The number of benzene rings is 1. The van der Waals surface area contributed by atoms with Gasteiger partial charge in [-0.3, -0.25) is 4.79 Å². The third kappa shape index (κ3) is 1.50. The highest BCUT2D eigenvalue weighted by Crippen LogP contribution is 2.15. The molecule has 0 unspecified atom stereocenters. The molecule has 0 atom stereocenters. The second kappa shape index (κ2) is 3.33. The molecule has 1 aromatic heterocycles. The standard InChI is InChI=1S/C10H7NO3/c12-6-7-1-3-8(4-2-7)9-5-10(13)14-11-9/h1-6,11H. The third-order valence-corrected chi connectivity index (χ3v) is 1.88. The van der Waals surface area contributed by atoms with Crippen molar-refractivity contribution in [2.24, 2.45) is 0 Å². The zero-order valence-electron chi connectivity index (χ0n) is 7.19. The second-order valence-corrected chi connectivity index (χ2v) is 2.82. The summed E-state index contributed by atoms with van der Waals surface area (Å²) in [6.07, 6.45) is 0.766. The maximum Gasteiger partial charge on any atom is 0.357 e. The summed E-state index contributed by atoms with van der Waals surface area (Å²) in [7, 11) is 0. The van der Waals surface area contributed by atoms with Gasteiger partial charge in [0, 0.05) is 11.1 Å². The summed E-state index contributed by atoms with van der Waals surface area (Å²) >= 11 is 0. The van der Waals surface area contributed by atoms with Gasteiger partial charge in [0.05, 0.1) is 11.8 Å². The first kappa shape index (κ1) is 8.50. The Morgan fingerprint density at radius 3 is 2.43 bits per heavy atom. The van der Waals surface area contributed by atoms with Crippen molar-refractivity contribution in [3.05, 3.63) is 46.3 Å². The maximum atomic E-state index is 10.7. The number of carbonyl (C=O) groups excluding carboxylic acids is 1. The van der Waals surface area contributed by atoms with Crippen LogP contribution in [0.4, 0.5) is 0 Å². The Bertz CT molecular complexity index is 493. The van der Waals surface area contributed by atoms with Crippen molar-refractivity contribution in [3.8, 4) is 11.3 Å². The van der Waals surface area contributed by atoms with Crippen LogP contribution in [0.1, 0.15) is 10.4 Å². The molecule has 0 amide bonds. The van der Waals surface area contributed by atoms with E-state index in [1.54, 1.807) is 24.3 Å². The van der Waals surface area contributed by atoms with E-state index in [4.69, 9.17) is 0 Å². The molecule has 4 heteroatoms. The number of rotatable bonds is 2. The molecule has 0 radical (unpaired) electrons. The fourth-order valence-corrected chi connectivity index (χ4v) is 1.17. The van der Waals surface area contributed by atoms with Crippen LogP contribution in [0.25, 0.3) is 11.3 Å². The van der Waals surface area contributed by atoms with Crippen LogP contribution in [-0.4, -0.2) is 11.4 Å². The summed E-state index contributed by atoms with van der Waals surface area (Å²) in [5, 5.41) is 2.48. The summed E-state index contributed by atoms with van der Waals surface area (Å²) in [5.41, 5.74) is 1.59. The molecule has 0 saturated heterocycles. The predicted molar refractivity (Wildman–Crippen MR) is 50.2 cm³/mol. The number of nitrogens with one attached hydrogen (secondary N) is 1. The molecule has 70 valence electrons. The predicted octanol–water partition coefficient (Wildman–Crippen LogP) is 1.45. The molecule has 0 saturated carbocycles. The van der Waals surface area contributed by atoms with Crippen LogP contribution in [0, 0.1) is 0 Å². The SMILES string of the molecule is O=Cc1ccc(-c2cc(=O)o[nH]2)cc1. The van der Waals surface area contributed by atoms with Crippen molar-refractivity contribution in [2.45, 2.75) is 0 Å². The Hall–Kier alpha value is -2.10. The number of aromatic amines is 1. The minimum atomic E-state index is -0.417. The Labute approximate surface area is 79.1 Å². The van der Waals surface area contributed by atoms with Crippen molar-refractivity contribution in [3.63, 3.8) is 0 Å². The van der Waals surface area contributed by atoms with Crippen LogP contribution in [0.15, 0.2) is 39.6 Å². The van der Waals surface area contributed by atoms with Crippen LogP contribution < -0.4 is 5.63 Å². The average Bonchev–Trinajstić information content (AvgIpc) is 2.65. The molecule has 0 aliphatic heterocycles. The molecule has 1 N–H and O–H groups in total. The lowest BCUT2D eigenvalue weighted by Crippen LogP contribution is -1.85. The van der Waals surface area contributed by atoms with E-state index in [1.165, 1.54) is 6.07 Å². The number of H-pyrrole nitrogens is 1. The van der Waals surface area contributed by atoms with Crippen LogP contribution in [0.5, 0.6) is 0 Å². The van der Waals surface area contributed by atoms with Crippen molar-refractivity contribution in [2.75, 3.05) is 0 Å². The van der Waals surface area contributed by atoms with Gasteiger partial charge in [-0.05, 0) is 0 Å². The lowest BCUT2D eigenvalue weighted by atomic mass is 10.1. The van der Waals surface area contributed by atoms with Gasteiger partial charge in [-0.1, -0.05) is 24.3 Å². The number of hydrogen-bond donors (Lipinski definition) is 1. The Balaban J connectivity index is 2.42. The molecule has 4 nitrogen and oxygen atoms in total. The monoisotopic (exact) mass is 189 g/mol. The summed E-state index contributed by atoms with van der Waals surface area (Å²) in [5.74, 6) is 0. The fraction of sp³-hybridized carbons (Fsp3) is 0.